The Kier molecular flexibility index (Phi) is 8.95. The number of hydrogen-bond acceptors (Lipinski definition) is 8. The first-order valence-corrected chi connectivity index (χ1v) is 17.6. The van der Waals surface area contributed by atoms with Gasteiger partial charge in [0.05, 0.1) is 17.8 Å². The number of fused-ring (bicyclic) bond motifs is 3. The lowest BCUT2D eigenvalue weighted by Crippen LogP contribution is -2.75. The second-order valence-corrected chi connectivity index (χ2v) is 16.5. The van der Waals surface area contributed by atoms with Gasteiger partial charge in [-0.3, -0.25) is 24.1 Å². The summed E-state index contributed by atoms with van der Waals surface area (Å²) in [6.07, 6.45) is 2.19. The van der Waals surface area contributed by atoms with Crippen molar-refractivity contribution in [3.63, 3.8) is 0 Å². The fraction of sp³-hybridized carbons (Fsp3) is 0.641. The number of hydrogen-bond donors (Lipinski definition) is 4. The number of nitrogens with one attached hydrogen (secondary N) is 1. The number of aliphatic hydroxyl groups excluding tert-OH is 1. The molecule has 1 heterocycles. The quantitative estimate of drug-likeness (QED) is 0.214. The molecule has 0 aromatic heterocycles. The van der Waals surface area contributed by atoms with Crippen molar-refractivity contribution in [2.45, 2.75) is 112 Å². The minimum atomic E-state index is -2.77. The summed E-state index contributed by atoms with van der Waals surface area (Å²) < 4.78 is 0. The van der Waals surface area contributed by atoms with Gasteiger partial charge in [-0.15, -0.1) is 0 Å². The zero-order valence-electron chi connectivity index (χ0n) is 30.3. The number of amides is 1. The van der Waals surface area contributed by atoms with Crippen molar-refractivity contribution in [3.05, 3.63) is 45.5 Å². The third-order valence-corrected chi connectivity index (χ3v) is 12.6. The number of carbonyl (C=O) groups is 4. The molecule has 9 heteroatoms. The van der Waals surface area contributed by atoms with E-state index < -0.39 is 62.8 Å². The maximum Gasteiger partial charge on any atom is 0.255 e. The van der Waals surface area contributed by atoms with E-state index in [0.29, 0.717) is 16.7 Å². The zero-order chi connectivity index (χ0) is 35.9. The molecule has 0 spiro atoms. The van der Waals surface area contributed by atoms with Crippen LogP contribution in [-0.4, -0.2) is 68.8 Å². The molecule has 1 amide bonds. The third-order valence-electron chi connectivity index (χ3n) is 12.6. The predicted molar refractivity (Wildman–Crippen MR) is 184 cm³/mol. The summed E-state index contributed by atoms with van der Waals surface area (Å²) in [5, 5.41) is 39.7. The second-order valence-electron chi connectivity index (χ2n) is 16.5. The zero-order valence-corrected chi connectivity index (χ0v) is 30.3. The number of carbonyl (C=O) groups excluding carboxylic acids is 4. The van der Waals surface area contributed by atoms with Gasteiger partial charge in [-0.2, -0.15) is 0 Å². The van der Waals surface area contributed by atoms with Crippen LogP contribution in [0.1, 0.15) is 118 Å². The van der Waals surface area contributed by atoms with Gasteiger partial charge in [0.15, 0.2) is 5.60 Å². The molecule has 0 unspecified atom stereocenters. The molecule has 2 fully saturated rings. The SMILES string of the molecule is CCC(=O)C[C@H]1[C@@]2(C)C(=C(O)c3c(ccc(C(C)(C)C)c3O)[C@@H]2C)C(=O)[C@]2(O)C(=O)C(C(=O)NCN3CCCC3)=C(C)[C@@H](C(C)C)[C@]12C. The summed E-state index contributed by atoms with van der Waals surface area (Å²) >= 11 is 0. The molecule has 1 saturated heterocycles. The maximum absolute atomic E-state index is 15.2. The van der Waals surface area contributed by atoms with E-state index in [0.717, 1.165) is 25.9 Å². The Balaban J connectivity index is 1.82. The van der Waals surface area contributed by atoms with Crippen LogP contribution in [0, 0.1) is 28.6 Å². The molecular weight excluding hydrogens is 608 g/mol. The van der Waals surface area contributed by atoms with Crippen LogP contribution in [0.5, 0.6) is 5.75 Å². The van der Waals surface area contributed by atoms with Gasteiger partial charge < -0.3 is 20.6 Å². The van der Waals surface area contributed by atoms with Crippen LogP contribution in [0.4, 0.5) is 0 Å². The Morgan fingerprint density at radius 2 is 1.67 bits per heavy atom. The van der Waals surface area contributed by atoms with Crippen molar-refractivity contribution >= 4 is 29.0 Å². The summed E-state index contributed by atoms with van der Waals surface area (Å²) in [7, 11) is 0. The van der Waals surface area contributed by atoms with Gasteiger partial charge in [0, 0.05) is 34.8 Å². The van der Waals surface area contributed by atoms with Crippen LogP contribution < -0.4 is 5.32 Å². The second kappa shape index (κ2) is 11.9. The molecule has 1 aromatic rings. The van der Waals surface area contributed by atoms with E-state index in [9.17, 15) is 29.7 Å². The topological polar surface area (TPSA) is 144 Å². The van der Waals surface area contributed by atoms with Gasteiger partial charge in [0.25, 0.3) is 5.91 Å². The molecule has 1 aliphatic heterocycles. The van der Waals surface area contributed by atoms with Crippen molar-refractivity contribution in [3.8, 4) is 5.75 Å². The molecule has 0 radical (unpaired) electrons. The van der Waals surface area contributed by atoms with Gasteiger partial charge in [0.1, 0.15) is 17.3 Å². The number of rotatable bonds is 7. The fourth-order valence-electron chi connectivity index (χ4n) is 10.1. The van der Waals surface area contributed by atoms with Crippen LogP contribution in [-0.2, 0) is 24.6 Å². The Labute approximate surface area is 284 Å². The number of phenols is 1. The van der Waals surface area contributed by atoms with Crippen LogP contribution in [0.15, 0.2) is 28.9 Å². The Hall–Kier alpha value is -3.30. The minimum Gasteiger partial charge on any atom is -0.507 e. The molecular formula is C39H54N2O7. The summed E-state index contributed by atoms with van der Waals surface area (Å²) in [5.74, 6) is -5.59. The van der Waals surface area contributed by atoms with Crippen molar-refractivity contribution in [2.24, 2.45) is 28.6 Å². The highest BCUT2D eigenvalue weighted by Crippen LogP contribution is 2.71. The third kappa shape index (κ3) is 4.77. The first kappa shape index (κ1) is 36.0. The van der Waals surface area contributed by atoms with Crippen LogP contribution in [0.2, 0.25) is 0 Å². The van der Waals surface area contributed by atoms with Crippen molar-refractivity contribution < 1.29 is 34.5 Å². The normalized spacial score (nSPS) is 32.4. The largest absolute Gasteiger partial charge is 0.507 e. The standard InChI is InChI=1S/C39H54N2O7/c1-11-23(42)18-26-37(9)22(5)24-14-15-25(36(6,7)8)31(43)28(24)32(44)30(37)34(46)39(48)33(45)27(21(4)29(20(2)3)38(26,39)10)35(47)40-19-41-16-12-13-17-41/h14-15,20,22,26,29,43-44,48H,11-13,16-19H2,1-10H3,(H,40,47)/t22-,26-,29+,37-,38-,39+/m0/s1. The van der Waals surface area contributed by atoms with Crippen LogP contribution in [0.25, 0.3) is 5.76 Å². The van der Waals surface area contributed by atoms with Gasteiger partial charge in [0.2, 0.25) is 11.6 Å². The van der Waals surface area contributed by atoms with Crippen molar-refractivity contribution in [1.82, 2.24) is 10.2 Å². The Bertz CT molecular complexity index is 1640. The van der Waals surface area contributed by atoms with Gasteiger partial charge in [-0.25, -0.2) is 0 Å². The highest BCUT2D eigenvalue weighted by molar-refractivity contribution is 6.34. The van der Waals surface area contributed by atoms with E-state index in [4.69, 9.17) is 0 Å². The molecule has 6 atom stereocenters. The van der Waals surface area contributed by atoms with Crippen LogP contribution in [0.3, 0.4) is 0 Å². The van der Waals surface area contributed by atoms with Gasteiger partial charge >= 0.3 is 0 Å². The highest BCUT2D eigenvalue weighted by Gasteiger charge is 2.76. The van der Waals surface area contributed by atoms with E-state index in [-0.39, 0.29) is 53.7 Å². The average Bonchev–Trinajstić information content (AvgIpc) is 3.52. The van der Waals surface area contributed by atoms with Crippen molar-refractivity contribution in [1.29, 1.82) is 0 Å². The Morgan fingerprint density at radius 3 is 2.21 bits per heavy atom. The number of likely N-dealkylation sites (tertiary alicyclic amines) is 1. The molecule has 0 bridgehead atoms. The number of ketones is 3. The molecule has 4 aliphatic rings. The highest BCUT2D eigenvalue weighted by atomic mass is 16.3. The number of aliphatic hydroxyl groups is 2. The average molecular weight is 663 g/mol. The number of benzene rings is 1. The van der Waals surface area contributed by atoms with Gasteiger partial charge in [-0.1, -0.05) is 80.0 Å². The summed E-state index contributed by atoms with van der Waals surface area (Å²) in [5.41, 5.74) is -4.66. The molecule has 4 N–H and O–H groups in total. The summed E-state index contributed by atoms with van der Waals surface area (Å²) in [4.78, 5) is 59.5. The van der Waals surface area contributed by atoms with E-state index in [1.807, 2.05) is 60.6 Å². The predicted octanol–water partition coefficient (Wildman–Crippen LogP) is 5.73. The van der Waals surface area contributed by atoms with E-state index in [1.165, 1.54) is 0 Å². The maximum atomic E-state index is 15.2. The first-order chi connectivity index (χ1) is 22.2. The molecule has 3 aliphatic carbocycles. The smallest absolute Gasteiger partial charge is 0.255 e. The molecule has 1 saturated carbocycles. The minimum absolute atomic E-state index is 0.0537. The molecule has 1 aromatic carbocycles. The Morgan fingerprint density at radius 1 is 1.06 bits per heavy atom. The summed E-state index contributed by atoms with van der Waals surface area (Å²) in [6, 6.07) is 3.70. The van der Waals surface area contributed by atoms with E-state index in [1.54, 1.807) is 20.8 Å². The van der Waals surface area contributed by atoms with E-state index >= 15 is 4.79 Å². The number of phenolic OH excluding ortho intramolecular Hbond substituents is 1. The molecule has 48 heavy (non-hydrogen) atoms. The number of nitrogens with zero attached hydrogens (tertiary/aromatic N) is 1. The lowest BCUT2D eigenvalue weighted by Gasteiger charge is -2.66. The summed E-state index contributed by atoms with van der Waals surface area (Å²) in [6.45, 7) is 20.5. The van der Waals surface area contributed by atoms with Crippen LogP contribution >= 0.6 is 0 Å². The molecule has 262 valence electrons. The fourth-order valence-corrected chi connectivity index (χ4v) is 10.1. The lowest BCUT2D eigenvalue weighted by atomic mass is 9.36. The monoisotopic (exact) mass is 662 g/mol. The molecule has 5 rings (SSSR count). The lowest BCUT2D eigenvalue weighted by molar-refractivity contribution is -0.198. The van der Waals surface area contributed by atoms with E-state index in [2.05, 4.69) is 10.2 Å². The molecule has 9 nitrogen and oxygen atoms in total. The first-order valence-electron chi connectivity index (χ1n) is 17.6. The van der Waals surface area contributed by atoms with Gasteiger partial charge in [-0.05, 0) is 67.5 Å². The number of aromatic hydroxyl groups is 1. The number of Topliss-reactive ketones (excluding diaryl/α,β-unsaturated/α-hetero) is 3. The number of allylic oxidation sites excluding steroid dienone is 1. The van der Waals surface area contributed by atoms with Crippen molar-refractivity contribution in [2.75, 3.05) is 19.8 Å².